The van der Waals surface area contributed by atoms with Crippen LogP contribution in [0, 0.1) is 5.92 Å². The Kier molecular flexibility index (Phi) is 3.89. The highest BCUT2D eigenvalue weighted by Gasteiger charge is 2.30. The average Bonchev–Trinajstić information content (AvgIpc) is 3.25. The number of aryl methyl sites for hydroxylation is 1. The van der Waals surface area contributed by atoms with Gasteiger partial charge < -0.3 is 9.47 Å². The van der Waals surface area contributed by atoms with Gasteiger partial charge in [0.05, 0.1) is 0 Å². The molecule has 0 N–H and O–H groups in total. The predicted octanol–water partition coefficient (Wildman–Crippen LogP) is 2.51. The van der Waals surface area contributed by atoms with Crippen LogP contribution >= 0.6 is 0 Å². The molecule has 5 nitrogen and oxygen atoms in total. The van der Waals surface area contributed by atoms with E-state index in [4.69, 9.17) is 0 Å². The van der Waals surface area contributed by atoms with E-state index in [0.717, 1.165) is 51.1 Å². The highest BCUT2D eigenvalue weighted by atomic mass is 16.2. The van der Waals surface area contributed by atoms with Crippen molar-refractivity contribution in [1.29, 1.82) is 0 Å². The number of carbonyl (C=O) groups is 1. The third-order valence-corrected chi connectivity index (χ3v) is 5.79. The maximum atomic E-state index is 12.4. The minimum atomic E-state index is 0.386. The molecule has 1 saturated carbocycles. The van der Waals surface area contributed by atoms with E-state index in [2.05, 4.69) is 19.7 Å². The highest BCUT2D eigenvalue weighted by molar-refractivity contribution is 5.76. The third kappa shape index (κ3) is 2.66. The zero-order chi connectivity index (χ0) is 14.9. The van der Waals surface area contributed by atoms with E-state index in [-0.39, 0.29) is 0 Å². The largest absolute Gasteiger partial charge is 0.343 e. The molecule has 0 bridgehead atoms. The van der Waals surface area contributed by atoms with Gasteiger partial charge in [0.25, 0.3) is 0 Å². The molecule has 0 unspecified atom stereocenters. The molecule has 0 spiro atoms. The molecule has 4 rings (SSSR count). The highest BCUT2D eigenvalue weighted by Crippen LogP contribution is 2.31. The van der Waals surface area contributed by atoms with Gasteiger partial charge in [0.15, 0.2) is 0 Å². The van der Waals surface area contributed by atoms with Crippen LogP contribution < -0.4 is 0 Å². The van der Waals surface area contributed by atoms with Crippen molar-refractivity contribution in [3.05, 3.63) is 11.6 Å². The number of nitrogens with zero attached hydrogens (tertiary/aromatic N) is 4. The molecule has 5 heteroatoms. The zero-order valence-corrected chi connectivity index (χ0v) is 13.3. The van der Waals surface area contributed by atoms with Crippen molar-refractivity contribution in [3.63, 3.8) is 0 Å². The summed E-state index contributed by atoms with van der Waals surface area (Å²) < 4.78 is 2.32. The second-order valence-electron chi connectivity index (χ2n) is 7.24. The quantitative estimate of drug-likeness (QED) is 0.862. The first-order chi connectivity index (χ1) is 10.8. The fourth-order valence-corrected chi connectivity index (χ4v) is 4.45. The second kappa shape index (κ2) is 6.01. The van der Waals surface area contributed by atoms with Crippen molar-refractivity contribution >= 4 is 5.91 Å². The van der Waals surface area contributed by atoms with Gasteiger partial charge in [-0.3, -0.25) is 4.79 Å². The average molecular weight is 302 g/mol. The van der Waals surface area contributed by atoms with E-state index in [0.29, 0.717) is 17.7 Å². The van der Waals surface area contributed by atoms with Crippen molar-refractivity contribution in [2.75, 3.05) is 13.1 Å². The van der Waals surface area contributed by atoms with E-state index in [9.17, 15) is 4.79 Å². The lowest BCUT2D eigenvalue weighted by atomic mass is 9.94. The molecule has 2 fully saturated rings. The van der Waals surface area contributed by atoms with E-state index >= 15 is 0 Å². The summed E-state index contributed by atoms with van der Waals surface area (Å²) in [6.07, 6.45) is 10.3. The number of likely N-dealkylation sites (tertiary alicyclic amines) is 1. The Labute approximate surface area is 132 Å². The topological polar surface area (TPSA) is 51.0 Å². The van der Waals surface area contributed by atoms with Gasteiger partial charge in [-0.1, -0.05) is 12.8 Å². The SMILES string of the molecule is O=C(CC1CCCC1)N1CCC(c2nnc3n2CCC3)CC1. The lowest BCUT2D eigenvalue weighted by Crippen LogP contribution is -2.39. The summed E-state index contributed by atoms with van der Waals surface area (Å²) in [5.41, 5.74) is 0. The third-order valence-electron chi connectivity index (χ3n) is 5.79. The van der Waals surface area contributed by atoms with Crippen molar-refractivity contribution in [1.82, 2.24) is 19.7 Å². The molecule has 1 aromatic rings. The Balaban J connectivity index is 1.33. The smallest absolute Gasteiger partial charge is 0.222 e. The standard InChI is InChI=1S/C17H26N4O/c22-16(12-13-4-1-2-5-13)20-10-7-14(8-11-20)17-19-18-15-6-3-9-21(15)17/h13-14H,1-12H2. The first kappa shape index (κ1) is 14.2. The summed E-state index contributed by atoms with van der Waals surface area (Å²) in [6, 6.07) is 0. The molecule has 120 valence electrons. The number of hydrogen-bond donors (Lipinski definition) is 0. The second-order valence-corrected chi connectivity index (χ2v) is 7.24. The van der Waals surface area contributed by atoms with Crippen LogP contribution in [0.5, 0.6) is 0 Å². The summed E-state index contributed by atoms with van der Waals surface area (Å²) in [5, 5.41) is 8.75. The van der Waals surface area contributed by atoms with Crippen LogP contribution in [0.1, 0.15) is 68.9 Å². The van der Waals surface area contributed by atoms with Crippen LogP contribution in [0.15, 0.2) is 0 Å². The van der Waals surface area contributed by atoms with E-state index in [1.54, 1.807) is 0 Å². The molecule has 3 heterocycles. The van der Waals surface area contributed by atoms with E-state index in [1.807, 2.05) is 0 Å². The molecule has 1 amide bonds. The summed E-state index contributed by atoms with van der Waals surface area (Å²) in [4.78, 5) is 14.5. The summed E-state index contributed by atoms with van der Waals surface area (Å²) in [5.74, 6) is 3.88. The van der Waals surface area contributed by atoms with Crippen LogP contribution in [0.4, 0.5) is 0 Å². The summed E-state index contributed by atoms with van der Waals surface area (Å²) in [6.45, 7) is 2.88. The molecular weight excluding hydrogens is 276 g/mol. The van der Waals surface area contributed by atoms with Gasteiger partial charge in [-0.2, -0.15) is 0 Å². The first-order valence-electron chi connectivity index (χ1n) is 9.01. The number of rotatable bonds is 3. The van der Waals surface area contributed by atoms with Crippen LogP contribution in [0.2, 0.25) is 0 Å². The Hall–Kier alpha value is -1.39. The van der Waals surface area contributed by atoms with E-state index in [1.165, 1.54) is 37.9 Å². The molecule has 0 aromatic carbocycles. The van der Waals surface area contributed by atoms with Gasteiger partial charge in [0, 0.05) is 38.4 Å². The minimum absolute atomic E-state index is 0.386. The van der Waals surface area contributed by atoms with Crippen LogP contribution in [-0.4, -0.2) is 38.7 Å². The summed E-state index contributed by atoms with van der Waals surface area (Å²) in [7, 11) is 0. The summed E-state index contributed by atoms with van der Waals surface area (Å²) >= 11 is 0. The van der Waals surface area contributed by atoms with Gasteiger partial charge in [-0.25, -0.2) is 0 Å². The maximum absolute atomic E-state index is 12.4. The normalized spacial score (nSPS) is 23.2. The zero-order valence-electron chi connectivity index (χ0n) is 13.3. The van der Waals surface area contributed by atoms with Crippen molar-refractivity contribution in [2.45, 2.75) is 70.3 Å². The van der Waals surface area contributed by atoms with Gasteiger partial charge in [-0.15, -0.1) is 10.2 Å². The van der Waals surface area contributed by atoms with Gasteiger partial charge in [0.2, 0.25) is 5.91 Å². The van der Waals surface area contributed by atoms with Gasteiger partial charge >= 0.3 is 0 Å². The number of piperidine rings is 1. The number of hydrogen-bond acceptors (Lipinski definition) is 3. The van der Waals surface area contributed by atoms with Crippen molar-refractivity contribution < 1.29 is 4.79 Å². The number of amides is 1. The number of fused-ring (bicyclic) bond motifs is 1. The van der Waals surface area contributed by atoms with Crippen molar-refractivity contribution in [2.24, 2.45) is 5.92 Å². The molecule has 1 aliphatic carbocycles. The number of carbonyl (C=O) groups excluding carboxylic acids is 1. The fourth-order valence-electron chi connectivity index (χ4n) is 4.45. The molecule has 2 aliphatic heterocycles. The molecule has 0 atom stereocenters. The van der Waals surface area contributed by atoms with Gasteiger partial charge in [-0.05, 0) is 38.0 Å². The molecular formula is C17H26N4O. The first-order valence-corrected chi connectivity index (χ1v) is 9.01. The molecule has 22 heavy (non-hydrogen) atoms. The minimum Gasteiger partial charge on any atom is -0.343 e. The van der Waals surface area contributed by atoms with Crippen LogP contribution in [0.25, 0.3) is 0 Å². The Morgan fingerprint density at radius 2 is 1.77 bits per heavy atom. The van der Waals surface area contributed by atoms with Crippen molar-refractivity contribution in [3.8, 4) is 0 Å². The van der Waals surface area contributed by atoms with Gasteiger partial charge in [0.1, 0.15) is 11.6 Å². The Bertz CT molecular complexity index is 539. The monoisotopic (exact) mass is 302 g/mol. The predicted molar refractivity (Wildman–Crippen MR) is 83.5 cm³/mol. The lowest BCUT2D eigenvalue weighted by molar-refractivity contribution is -0.133. The lowest BCUT2D eigenvalue weighted by Gasteiger charge is -2.32. The van der Waals surface area contributed by atoms with Crippen LogP contribution in [-0.2, 0) is 17.8 Å². The molecule has 1 aromatic heterocycles. The number of aromatic nitrogens is 3. The molecule has 1 saturated heterocycles. The Morgan fingerprint density at radius 3 is 2.55 bits per heavy atom. The maximum Gasteiger partial charge on any atom is 0.222 e. The Morgan fingerprint density at radius 1 is 1.00 bits per heavy atom. The van der Waals surface area contributed by atoms with Crippen LogP contribution in [0.3, 0.4) is 0 Å². The molecule has 0 radical (unpaired) electrons. The molecule has 3 aliphatic rings. The fraction of sp³-hybridized carbons (Fsp3) is 0.824. The van der Waals surface area contributed by atoms with E-state index < -0.39 is 0 Å².